The van der Waals surface area contributed by atoms with Crippen molar-refractivity contribution < 1.29 is 19.1 Å². The fourth-order valence-electron chi connectivity index (χ4n) is 3.67. The molecule has 0 aliphatic heterocycles. The fraction of sp³-hybridized carbons (Fsp3) is 0.231. The highest BCUT2D eigenvalue weighted by Crippen LogP contribution is 2.35. The number of hydrogen-bond donors (Lipinski definition) is 2. The minimum Gasteiger partial charge on any atom is -0.462 e. The van der Waals surface area contributed by atoms with Gasteiger partial charge in [-0.05, 0) is 50.6 Å². The predicted molar refractivity (Wildman–Crippen MR) is 148 cm³/mol. The number of para-hydroxylation sites is 1. The van der Waals surface area contributed by atoms with Crippen LogP contribution in [-0.4, -0.2) is 49.9 Å². The SMILES string of the molecule is CCOC(=O)c1sc(NC(=O)CSc2nnc(-c3ccncc3)n2CC)c(C(=O)Nc2ccccc2)c1C. The van der Waals surface area contributed by atoms with Gasteiger partial charge in [0.2, 0.25) is 5.91 Å². The third-order valence-electron chi connectivity index (χ3n) is 5.42. The molecule has 12 heteroatoms. The molecule has 38 heavy (non-hydrogen) atoms. The van der Waals surface area contributed by atoms with Crippen LogP contribution in [0.4, 0.5) is 10.7 Å². The predicted octanol–water partition coefficient (Wildman–Crippen LogP) is 4.89. The van der Waals surface area contributed by atoms with Crippen LogP contribution < -0.4 is 10.6 Å². The summed E-state index contributed by atoms with van der Waals surface area (Å²) in [6.45, 7) is 6.16. The maximum absolute atomic E-state index is 13.2. The summed E-state index contributed by atoms with van der Waals surface area (Å²) < 4.78 is 7.07. The number of aromatic nitrogens is 4. The zero-order valence-corrected chi connectivity index (χ0v) is 22.7. The lowest BCUT2D eigenvalue weighted by Gasteiger charge is -2.09. The number of carbonyl (C=O) groups is 3. The van der Waals surface area contributed by atoms with Crippen LogP contribution in [0.15, 0.2) is 60.0 Å². The summed E-state index contributed by atoms with van der Waals surface area (Å²) in [7, 11) is 0. The second-order valence-electron chi connectivity index (χ2n) is 7.92. The van der Waals surface area contributed by atoms with Crippen LogP contribution in [0.1, 0.15) is 39.4 Å². The van der Waals surface area contributed by atoms with Gasteiger partial charge in [0, 0.05) is 30.2 Å². The van der Waals surface area contributed by atoms with E-state index in [4.69, 9.17) is 4.74 Å². The number of anilines is 2. The highest BCUT2D eigenvalue weighted by molar-refractivity contribution is 7.99. The average molecular weight is 551 g/mol. The van der Waals surface area contributed by atoms with Gasteiger partial charge in [0.25, 0.3) is 5.91 Å². The van der Waals surface area contributed by atoms with Gasteiger partial charge in [0.15, 0.2) is 11.0 Å². The number of pyridine rings is 1. The molecule has 196 valence electrons. The van der Waals surface area contributed by atoms with Crippen molar-refractivity contribution >= 4 is 51.6 Å². The number of rotatable bonds is 10. The van der Waals surface area contributed by atoms with Crippen molar-refractivity contribution in [2.75, 3.05) is 23.0 Å². The normalized spacial score (nSPS) is 10.7. The van der Waals surface area contributed by atoms with Gasteiger partial charge in [-0.3, -0.25) is 14.6 Å². The number of benzene rings is 1. The number of nitrogens with zero attached hydrogens (tertiary/aromatic N) is 4. The molecule has 4 aromatic rings. The summed E-state index contributed by atoms with van der Waals surface area (Å²) in [5.41, 5.74) is 2.13. The summed E-state index contributed by atoms with van der Waals surface area (Å²) in [5, 5.41) is 15.0. The van der Waals surface area contributed by atoms with E-state index in [1.54, 1.807) is 50.5 Å². The van der Waals surface area contributed by atoms with E-state index < -0.39 is 11.9 Å². The van der Waals surface area contributed by atoms with Crippen molar-refractivity contribution in [1.82, 2.24) is 19.7 Å². The first-order chi connectivity index (χ1) is 18.4. The van der Waals surface area contributed by atoms with Gasteiger partial charge >= 0.3 is 5.97 Å². The topological polar surface area (TPSA) is 128 Å². The second-order valence-corrected chi connectivity index (χ2v) is 9.89. The molecule has 0 saturated carbocycles. The number of thiophene rings is 1. The second kappa shape index (κ2) is 12.5. The highest BCUT2D eigenvalue weighted by atomic mass is 32.2. The molecule has 2 N–H and O–H groups in total. The average Bonchev–Trinajstić information content (AvgIpc) is 3.49. The third-order valence-corrected chi connectivity index (χ3v) is 7.58. The first-order valence-electron chi connectivity index (χ1n) is 11.9. The Morgan fingerprint density at radius 1 is 1.03 bits per heavy atom. The molecule has 3 heterocycles. The number of esters is 1. The summed E-state index contributed by atoms with van der Waals surface area (Å²) >= 11 is 2.25. The molecule has 0 bridgehead atoms. The van der Waals surface area contributed by atoms with Crippen molar-refractivity contribution in [3.63, 3.8) is 0 Å². The van der Waals surface area contributed by atoms with Crippen molar-refractivity contribution in [3.8, 4) is 11.4 Å². The van der Waals surface area contributed by atoms with Crippen LogP contribution in [0, 0.1) is 6.92 Å². The van der Waals surface area contributed by atoms with E-state index in [2.05, 4.69) is 25.8 Å². The van der Waals surface area contributed by atoms with Crippen LogP contribution in [0.3, 0.4) is 0 Å². The monoisotopic (exact) mass is 550 g/mol. The lowest BCUT2D eigenvalue weighted by molar-refractivity contribution is -0.113. The van der Waals surface area contributed by atoms with E-state index in [0.717, 1.165) is 16.9 Å². The van der Waals surface area contributed by atoms with E-state index >= 15 is 0 Å². The smallest absolute Gasteiger partial charge is 0.348 e. The first kappa shape index (κ1) is 27.0. The van der Waals surface area contributed by atoms with Crippen LogP contribution in [0.5, 0.6) is 0 Å². The fourth-order valence-corrected chi connectivity index (χ4v) is 5.59. The molecule has 0 saturated heterocycles. The zero-order valence-electron chi connectivity index (χ0n) is 21.1. The minimum atomic E-state index is -0.543. The lowest BCUT2D eigenvalue weighted by atomic mass is 10.1. The Balaban J connectivity index is 1.53. The molecule has 0 atom stereocenters. The Morgan fingerprint density at radius 2 is 1.76 bits per heavy atom. The largest absolute Gasteiger partial charge is 0.462 e. The number of amides is 2. The highest BCUT2D eigenvalue weighted by Gasteiger charge is 2.27. The molecular weight excluding hydrogens is 524 g/mol. The van der Waals surface area contributed by atoms with Crippen molar-refractivity contribution in [3.05, 3.63) is 70.9 Å². The molecule has 0 unspecified atom stereocenters. The van der Waals surface area contributed by atoms with E-state index in [9.17, 15) is 14.4 Å². The molecule has 1 aromatic carbocycles. The van der Waals surface area contributed by atoms with Gasteiger partial charge < -0.3 is 19.9 Å². The van der Waals surface area contributed by atoms with Gasteiger partial charge in [0.05, 0.1) is 17.9 Å². The molecule has 0 aliphatic rings. The Bertz CT molecular complexity index is 1440. The zero-order chi connectivity index (χ0) is 27.1. The Morgan fingerprint density at radius 3 is 2.45 bits per heavy atom. The number of nitrogens with one attached hydrogen (secondary N) is 2. The maximum Gasteiger partial charge on any atom is 0.348 e. The maximum atomic E-state index is 13.2. The summed E-state index contributed by atoms with van der Waals surface area (Å²) in [6.07, 6.45) is 3.37. The van der Waals surface area contributed by atoms with Gasteiger partial charge in [-0.15, -0.1) is 21.5 Å². The number of ether oxygens (including phenoxy) is 1. The van der Waals surface area contributed by atoms with E-state index in [0.29, 0.717) is 28.8 Å². The van der Waals surface area contributed by atoms with Crippen LogP contribution in [0.2, 0.25) is 0 Å². The Labute approximate surface area is 227 Å². The van der Waals surface area contributed by atoms with Crippen LogP contribution in [-0.2, 0) is 16.1 Å². The quantitative estimate of drug-likeness (QED) is 0.211. The summed E-state index contributed by atoms with van der Waals surface area (Å²) in [5.74, 6) is -0.614. The molecule has 2 amide bonds. The lowest BCUT2D eigenvalue weighted by Crippen LogP contribution is -2.19. The number of thioether (sulfide) groups is 1. The van der Waals surface area contributed by atoms with Gasteiger partial charge in [0.1, 0.15) is 9.88 Å². The number of hydrogen-bond acceptors (Lipinski definition) is 9. The van der Waals surface area contributed by atoms with Crippen molar-refractivity contribution in [1.29, 1.82) is 0 Å². The Hall–Kier alpha value is -4.03. The molecular formula is C26H26N6O4S2. The molecule has 0 fully saturated rings. The van der Waals surface area contributed by atoms with Crippen molar-refractivity contribution in [2.24, 2.45) is 0 Å². The van der Waals surface area contributed by atoms with Crippen molar-refractivity contribution in [2.45, 2.75) is 32.5 Å². The van der Waals surface area contributed by atoms with E-state index in [1.165, 1.54) is 11.8 Å². The standard InChI is InChI=1S/C26H26N6O4S2/c1-4-32-22(17-11-13-27-14-12-17)30-31-26(32)37-15-19(33)29-24-20(16(3)21(38-24)25(35)36-5-2)23(34)28-18-9-7-6-8-10-18/h6-14H,4-5,15H2,1-3H3,(H,28,34)(H,29,33). The van der Waals surface area contributed by atoms with Gasteiger partial charge in [-0.1, -0.05) is 30.0 Å². The van der Waals surface area contributed by atoms with E-state index in [-0.39, 0.29) is 33.7 Å². The molecule has 3 aromatic heterocycles. The molecule has 4 rings (SSSR count). The van der Waals surface area contributed by atoms with Gasteiger partial charge in [-0.2, -0.15) is 0 Å². The van der Waals surface area contributed by atoms with Gasteiger partial charge in [-0.25, -0.2) is 4.79 Å². The molecule has 0 radical (unpaired) electrons. The first-order valence-corrected chi connectivity index (χ1v) is 13.7. The van der Waals surface area contributed by atoms with E-state index in [1.807, 2.05) is 29.7 Å². The molecule has 10 nitrogen and oxygen atoms in total. The van der Waals surface area contributed by atoms with Crippen LogP contribution >= 0.6 is 23.1 Å². The summed E-state index contributed by atoms with van der Waals surface area (Å²) in [4.78, 5) is 43.0. The number of carbonyl (C=O) groups excluding carboxylic acids is 3. The van der Waals surface area contributed by atoms with Crippen LogP contribution in [0.25, 0.3) is 11.4 Å². The summed E-state index contributed by atoms with van der Waals surface area (Å²) in [6, 6.07) is 12.6. The Kier molecular flexibility index (Phi) is 8.87. The minimum absolute atomic E-state index is 0.0277. The molecule has 0 aliphatic carbocycles. The molecule has 0 spiro atoms. The third kappa shape index (κ3) is 6.09.